The van der Waals surface area contributed by atoms with Gasteiger partial charge in [0, 0.05) is 13.1 Å². The summed E-state index contributed by atoms with van der Waals surface area (Å²) in [4.78, 5) is 14.3. The Labute approximate surface area is 112 Å². The number of carbonyl (C=O) groups is 1. The molecule has 0 saturated carbocycles. The van der Waals surface area contributed by atoms with E-state index >= 15 is 0 Å². The smallest absolute Gasteiger partial charge is 0.244 e. The molecule has 102 valence electrons. The van der Waals surface area contributed by atoms with Crippen LogP contribution in [0.3, 0.4) is 0 Å². The van der Waals surface area contributed by atoms with E-state index in [4.69, 9.17) is 4.74 Å². The number of aliphatic hydroxyl groups excluding tert-OH is 1. The average Bonchev–Trinajstić information content (AvgIpc) is 2.74. The van der Waals surface area contributed by atoms with Crippen LogP contribution in [0.2, 0.25) is 0 Å². The van der Waals surface area contributed by atoms with Crippen LogP contribution in [0.5, 0.6) is 5.75 Å². The molecule has 1 amide bonds. The number of hydrogen-bond acceptors (Lipinski definition) is 4. The van der Waals surface area contributed by atoms with Crippen LogP contribution in [0.4, 0.5) is 5.69 Å². The number of amides is 1. The highest BCUT2D eigenvalue weighted by Crippen LogP contribution is 2.31. The van der Waals surface area contributed by atoms with Crippen LogP contribution >= 0.6 is 0 Å². The molecule has 19 heavy (non-hydrogen) atoms. The topological polar surface area (TPSA) is 61.8 Å². The molecule has 0 spiro atoms. The van der Waals surface area contributed by atoms with Crippen molar-refractivity contribution in [3.05, 3.63) is 24.3 Å². The van der Waals surface area contributed by atoms with E-state index in [0.29, 0.717) is 26.1 Å². The lowest BCUT2D eigenvalue weighted by atomic mass is 10.1. The number of rotatable bonds is 1. The van der Waals surface area contributed by atoms with E-state index < -0.39 is 6.10 Å². The van der Waals surface area contributed by atoms with Gasteiger partial charge in [-0.15, -0.1) is 0 Å². The van der Waals surface area contributed by atoms with Gasteiger partial charge in [0.15, 0.2) is 0 Å². The summed E-state index contributed by atoms with van der Waals surface area (Å²) in [6.07, 6.45) is 0.876. The van der Waals surface area contributed by atoms with E-state index in [2.05, 4.69) is 5.32 Å². The highest BCUT2D eigenvalue weighted by atomic mass is 16.5. The molecule has 2 heterocycles. The number of fused-ring (bicyclic) bond motifs is 1. The van der Waals surface area contributed by atoms with E-state index in [0.717, 1.165) is 17.9 Å². The third-order valence-electron chi connectivity index (χ3n) is 3.61. The van der Waals surface area contributed by atoms with Crippen molar-refractivity contribution in [2.75, 3.05) is 24.6 Å². The zero-order valence-corrected chi connectivity index (χ0v) is 10.7. The number of hydrogen-bond donors (Lipinski definition) is 2. The van der Waals surface area contributed by atoms with Crippen LogP contribution in [-0.4, -0.2) is 42.9 Å². The summed E-state index contributed by atoms with van der Waals surface area (Å²) in [5, 5.41) is 12.6. The second-order valence-corrected chi connectivity index (χ2v) is 5.01. The van der Waals surface area contributed by atoms with Crippen LogP contribution in [0.15, 0.2) is 24.3 Å². The number of nitrogens with zero attached hydrogens (tertiary/aromatic N) is 1. The summed E-state index contributed by atoms with van der Waals surface area (Å²) in [6, 6.07) is 7.32. The lowest BCUT2D eigenvalue weighted by Crippen LogP contribution is -2.44. The molecule has 2 atom stereocenters. The van der Waals surface area contributed by atoms with Crippen molar-refractivity contribution in [1.29, 1.82) is 0 Å². The maximum atomic E-state index is 12.6. The van der Waals surface area contributed by atoms with Gasteiger partial charge in [0.25, 0.3) is 0 Å². The van der Waals surface area contributed by atoms with Crippen molar-refractivity contribution in [3.63, 3.8) is 0 Å². The Morgan fingerprint density at radius 1 is 1.42 bits per heavy atom. The maximum absolute atomic E-state index is 12.6. The largest absolute Gasteiger partial charge is 0.491 e. The molecule has 0 aromatic heterocycles. The molecule has 2 aliphatic heterocycles. The summed E-state index contributed by atoms with van der Waals surface area (Å²) in [7, 11) is 0. The summed E-state index contributed by atoms with van der Waals surface area (Å²) in [5.74, 6) is 0.779. The van der Waals surface area contributed by atoms with E-state index in [1.807, 2.05) is 24.3 Å². The van der Waals surface area contributed by atoms with Crippen molar-refractivity contribution in [3.8, 4) is 5.75 Å². The molecule has 1 saturated heterocycles. The fourth-order valence-corrected chi connectivity index (χ4v) is 2.65. The molecular weight excluding hydrogens is 244 g/mol. The normalized spacial score (nSPS) is 26.5. The van der Waals surface area contributed by atoms with Crippen molar-refractivity contribution in [2.24, 2.45) is 0 Å². The van der Waals surface area contributed by atoms with Gasteiger partial charge < -0.3 is 20.1 Å². The van der Waals surface area contributed by atoms with E-state index in [1.54, 1.807) is 4.90 Å². The van der Waals surface area contributed by atoms with Crippen LogP contribution in [0.25, 0.3) is 0 Å². The Bertz CT molecular complexity index is 478. The third kappa shape index (κ3) is 2.43. The standard InChI is InChI=1S/C14H18N2O3/c17-10-8-11(15-9-10)14(18)16-6-3-7-19-13-5-2-1-4-12(13)16/h1-2,4-5,10-11,15,17H,3,6-9H2. The first-order chi connectivity index (χ1) is 9.25. The monoisotopic (exact) mass is 262 g/mol. The van der Waals surface area contributed by atoms with Gasteiger partial charge in [-0.1, -0.05) is 12.1 Å². The Balaban J connectivity index is 1.85. The fraction of sp³-hybridized carbons (Fsp3) is 0.500. The number of ether oxygens (including phenoxy) is 1. The zero-order valence-electron chi connectivity index (χ0n) is 10.7. The highest BCUT2D eigenvalue weighted by molar-refractivity contribution is 5.98. The summed E-state index contributed by atoms with van der Waals surface area (Å²) >= 11 is 0. The summed E-state index contributed by atoms with van der Waals surface area (Å²) < 4.78 is 5.65. The van der Waals surface area contributed by atoms with Crippen LogP contribution in [-0.2, 0) is 4.79 Å². The minimum Gasteiger partial charge on any atom is -0.491 e. The molecule has 1 fully saturated rings. The first-order valence-electron chi connectivity index (χ1n) is 6.70. The first-order valence-corrected chi connectivity index (χ1v) is 6.70. The zero-order chi connectivity index (χ0) is 13.2. The molecular formula is C14H18N2O3. The molecule has 0 radical (unpaired) electrons. The number of para-hydroxylation sites is 2. The Hall–Kier alpha value is -1.59. The lowest BCUT2D eigenvalue weighted by molar-refractivity contribution is -0.120. The molecule has 5 heteroatoms. The molecule has 0 bridgehead atoms. The second kappa shape index (κ2) is 5.19. The number of anilines is 1. The molecule has 2 aliphatic rings. The predicted octanol–water partition coefficient (Wildman–Crippen LogP) is 0.525. The fourth-order valence-electron chi connectivity index (χ4n) is 2.65. The van der Waals surface area contributed by atoms with Crippen molar-refractivity contribution < 1.29 is 14.6 Å². The van der Waals surface area contributed by atoms with E-state index in [9.17, 15) is 9.90 Å². The summed E-state index contributed by atoms with van der Waals surface area (Å²) in [6.45, 7) is 1.77. The van der Waals surface area contributed by atoms with Crippen molar-refractivity contribution in [2.45, 2.75) is 25.0 Å². The molecule has 5 nitrogen and oxygen atoms in total. The van der Waals surface area contributed by atoms with Gasteiger partial charge in [0.05, 0.1) is 24.4 Å². The maximum Gasteiger partial charge on any atom is 0.244 e. The van der Waals surface area contributed by atoms with Crippen LogP contribution < -0.4 is 15.0 Å². The second-order valence-electron chi connectivity index (χ2n) is 5.01. The average molecular weight is 262 g/mol. The summed E-state index contributed by atoms with van der Waals surface area (Å²) in [5.41, 5.74) is 0.827. The minimum atomic E-state index is -0.424. The number of carbonyl (C=O) groups excluding carboxylic acids is 1. The van der Waals surface area contributed by atoms with Gasteiger partial charge in [-0.25, -0.2) is 0 Å². The van der Waals surface area contributed by atoms with E-state index in [-0.39, 0.29) is 11.9 Å². The van der Waals surface area contributed by atoms with Crippen molar-refractivity contribution >= 4 is 11.6 Å². The quantitative estimate of drug-likeness (QED) is 0.775. The Kier molecular flexibility index (Phi) is 3.40. The molecule has 1 aromatic rings. The van der Waals surface area contributed by atoms with Crippen molar-refractivity contribution in [1.82, 2.24) is 5.32 Å². The van der Waals surface area contributed by atoms with Gasteiger partial charge in [-0.05, 0) is 25.0 Å². The lowest BCUT2D eigenvalue weighted by Gasteiger charge is -2.24. The van der Waals surface area contributed by atoms with Crippen LogP contribution in [0.1, 0.15) is 12.8 Å². The number of β-amino-alcohol motifs (C(OH)–C–C–N with tert-alkyl or cyclic N) is 1. The predicted molar refractivity (Wildman–Crippen MR) is 71.3 cm³/mol. The Morgan fingerprint density at radius 2 is 2.26 bits per heavy atom. The van der Waals surface area contributed by atoms with E-state index in [1.165, 1.54) is 0 Å². The third-order valence-corrected chi connectivity index (χ3v) is 3.61. The highest BCUT2D eigenvalue weighted by Gasteiger charge is 2.33. The van der Waals surface area contributed by atoms with Gasteiger partial charge in [0.1, 0.15) is 5.75 Å². The molecule has 2 unspecified atom stereocenters. The van der Waals surface area contributed by atoms with Gasteiger partial charge in [-0.2, -0.15) is 0 Å². The van der Waals surface area contributed by atoms with Gasteiger partial charge in [0.2, 0.25) is 5.91 Å². The molecule has 3 rings (SSSR count). The van der Waals surface area contributed by atoms with Gasteiger partial charge >= 0.3 is 0 Å². The minimum absolute atomic E-state index is 0.0227. The first kappa shape index (κ1) is 12.4. The number of aliphatic hydroxyl groups is 1. The number of benzene rings is 1. The molecule has 1 aromatic carbocycles. The number of nitrogens with one attached hydrogen (secondary N) is 1. The van der Waals surface area contributed by atoms with Crippen LogP contribution in [0, 0.1) is 0 Å². The van der Waals surface area contributed by atoms with Gasteiger partial charge in [-0.3, -0.25) is 4.79 Å². The molecule has 0 aliphatic carbocycles. The Morgan fingerprint density at radius 3 is 3.05 bits per heavy atom. The molecule has 2 N–H and O–H groups in total. The SMILES string of the molecule is O=C(C1CC(O)CN1)N1CCCOc2ccccc21.